The molecule has 0 unspecified atom stereocenters. The van der Waals surface area contributed by atoms with Crippen LogP contribution >= 0.6 is 0 Å². The topological polar surface area (TPSA) is 32.8 Å². The SMILES string of the molecule is C=C/C=c1\c(=C\N(c2ccc(C)c(C)c2)c2ccc3ccc4c(N(c5cccc(C)c5)c5cccc6c5oc5c(C)cccc56)ccc5ccc2c3c54)oc2c(C)cccc12. The Kier molecular flexibility index (Phi) is 8.40. The van der Waals surface area contributed by atoms with E-state index in [1.165, 1.54) is 38.2 Å². The first-order valence-corrected chi connectivity index (χ1v) is 20.9. The van der Waals surface area contributed by atoms with E-state index in [0.29, 0.717) is 0 Å². The van der Waals surface area contributed by atoms with Crippen LogP contribution in [0.5, 0.6) is 0 Å². The van der Waals surface area contributed by atoms with Gasteiger partial charge in [-0.3, -0.25) is 0 Å². The number of aryl methyl sites for hydroxylation is 5. The number of hydrogen-bond acceptors (Lipinski definition) is 4. The van der Waals surface area contributed by atoms with Crippen LogP contribution < -0.4 is 20.4 Å². The van der Waals surface area contributed by atoms with Gasteiger partial charge in [-0.1, -0.05) is 122 Å². The average Bonchev–Trinajstić information content (AvgIpc) is 3.83. The first-order chi connectivity index (χ1) is 29.8. The van der Waals surface area contributed by atoms with E-state index >= 15 is 0 Å². The van der Waals surface area contributed by atoms with Crippen molar-refractivity contribution >= 4 is 106 Å². The molecule has 0 saturated heterocycles. The van der Waals surface area contributed by atoms with Crippen molar-refractivity contribution in [2.45, 2.75) is 34.6 Å². The largest absolute Gasteiger partial charge is 0.454 e. The number of allylic oxidation sites excluding steroid dienone is 1. The Morgan fingerprint density at radius 3 is 1.79 bits per heavy atom. The van der Waals surface area contributed by atoms with Gasteiger partial charge in [-0.25, -0.2) is 0 Å². The fourth-order valence-electron chi connectivity index (χ4n) is 9.43. The summed E-state index contributed by atoms with van der Waals surface area (Å²) in [5.74, 6) is 0. The molecule has 0 atom stereocenters. The van der Waals surface area contributed by atoms with Crippen LogP contribution in [0.15, 0.2) is 167 Å². The molecule has 61 heavy (non-hydrogen) atoms. The Morgan fingerprint density at radius 1 is 0.459 bits per heavy atom. The Hall–Kier alpha value is -7.56. The van der Waals surface area contributed by atoms with Gasteiger partial charge in [-0.2, -0.15) is 0 Å². The highest BCUT2D eigenvalue weighted by atomic mass is 16.3. The zero-order chi connectivity index (χ0) is 41.5. The van der Waals surface area contributed by atoms with Crippen molar-refractivity contribution in [1.82, 2.24) is 0 Å². The van der Waals surface area contributed by atoms with Crippen LogP contribution in [0.4, 0.5) is 28.4 Å². The predicted octanol–water partition coefficient (Wildman–Crippen LogP) is 14.8. The Labute approximate surface area is 354 Å². The van der Waals surface area contributed by atoms with Crippen molar-refractivity contribution < 1.29 is 8.83 Å². The average molecular weight is 789 g/mol. The van der Waals surface area contributed by atoms with Gasteiger partial charge >= 0.3 is 0 Å². The molecule has 0 fully saturated rings. The number of para-hydroxylation sites is 3. The number of benzene rings is 9. The predicted molar refractivity (Wildman–Crippen MR) is 259 cm³/mol. The van der Waals surface area contributed by atoms with E-state index in [-0.39, 0.29) is 0 Å². The van der Waals surface area contributed by atoms with Crippen molar-refractivity contribution in [1.29, 1.82) is 0 Å². The van der Waals surface area contributed by atoms with Crippen LogP contribution in [-0.4, -0.2) is 0 Å². The summed E-state index contributed by atoms with van der Waals surface area (Å²) in [7, 11) is 0. The molecule has 4 nitrogen and oxygen atoms in total. The lowest BCUT2D eigenvalue weighted by Crippen LogP contribution is -2.24. The monoisotopic (exact) mass is 788 g/mol. The van der Waals surface area contributed by atoms with Gasteiger partial charge in [0.1, 0.15) is 11.2 Å². The second kappa shape index (κ2) is 14.0. The molecule has 2 aromatic heterocycles. The van der Waals surface area contributed by atoms with Crippen LogP contribution in [0.25, 0.3) is 77.5 Å². The molecule has 0 N–H and O–H groups in total. The lowest BCUT2D eigenvalue weighted by Gasteiger charge is -2.28. The first-order valence-electron chi connectivity index (χ1n) is 20.9. The minimum atomic E-state index is 0.777. The van der Waals surface area contributed by atoms with Gasteiger partial charge in [-0.05, 0) is 126 Å². The maximum Gasteiger partial charge on any atom is 0.159 e. The zero-order valence-electron chi connectivity index (χ0n) is 35.0. The normalized spacial score (nSPS) is 12.6. The minimum Gasteiger partial charge on any atom is -0.454 e. The molecule has 0 amide bonds. The van der Waals surface area contributed by atoms with Crippen LogP contribution in [0, 0.1) is 34.6 Å². The van der Waals surface area contributed by atoms with E-state index in [2.05, 4.69) is 203 Å². The van der Waals surface area contributed by atoms with Gasteiger partial charge in [0.2, 0.25) is 0 Å². The van der Waals surface area contributed by atoms with Crippen molar-refractivity contribution in [3.8, 4) is 0 Å². The van der Waals surface area contributed by atoms with Crippen molar-refractivity contribution in [2.24, 2.45) is 0 Å². The highest BCUT2D eigenvalue weighted by molar-refractivity contribution is 6.28. The molecule has 11 aromatic rings. The van der Waals surface area contributed by atoms with Crippen LogP contribution in [-0.2, 0) is 0 Å². The van der Waals surface area contributed by atoms with Crippen molar-refractivity contribution in [2.75, 3.05) is 9.80 Å². The van der Waals surface area contributed by atoms with E-state index in [1.54, 1.807) is 0 Å². The second-order valence-electron chi connectivity index (χ2n) is 16.5. The summed E-state index contributed by atoms with van der Waals surface area (Å²) < 4.78 is 13.6. The molecular weight excluding hydrogens is 745 g/mol. The maximum atomic E-state index is 6.83. The molecule has 2 heterocycles. The van der Waals surface area contributed by atoms with Gasteiger partial charge in [-0.15, -0.1) is 0 Å². The molecule has 0 aliphatic rings. The summed E-state index contributed by atoms with van der Waals surface area (Å²) in [5, 5.41) is 11.4. The van der Waals surface area contributed by atoms with Crippen molar-refractivity contribution in [3.05, 3.63) is 197 Å². The van der Waals surface area contributed by atoms with E-state index in [9.17, 15) is 0 Å². The lowest BCUT2D eigenvalue weighted by molar-refractivity contribution is 0.572. The molecule has 0 aliphatic heterocycles. The van der Waals surface area contributed by atoms with Crippen LogP contribution in [0.1, 0.15) is 27.8 Å². The smallest absolute Gasteiger partial charge is 0.159 e. The summed E-state index contributed by atoms with van der Waals surface area (Å²) in [6, 6.07) is 52.9. The number of fused-ring (bicyclic) bond motifs is 4. The quantitative estimate of drug-likeness (QED) is 0.151. The van der Waals surface area contributed by atoms with E-state index in [1.807, 2.05) is 12.2 Å². The van der Waals surface area contributed by atoms with Crippen molar-refractivity contribution in [3.63, 3.8) is 0 Å². The summed E-state index contributed by atoms with van der Waals surface area (Å²) in [5.41, 5.74) is 14.6. The molecule has 0 saturated carbocycles. The molecule has 9 aromatic carbocycles. The fourth-order valence-corrected chi connectivity index (χ4v) is 9.43. The van der Waals surface area contributed by atoms with Crippen LogP contribution in [0.2, 0.25) is 0 Å². The number of hydrogen-bond donors (Lipinski definition) is 0. The molecule has 0 radical (unpaired) electrons. The van der Waals surface area contributed by atoms with E-state index < -0.39 is 0 Å². The molecule has 294 valence electrons. The van der Waals surface area contributed by atoms with Gasteiger partial charge < -0.3 is 18.6 Å². The standard InChI is InChI=1S/C57H44N2O2/c1-7-12-43-44-17-9-14-36(4)55(44)60-52(43)33-58(41-26-21-35(3)38(6)32-41)49-29-24-39-23-28-48-50(30-25-40-22-27-47(49)53(39)54(40)48)59(42-16-8-13-34(2)31-42)51-20-11-19-46-45-18-10-15-37(5)56(45)61-57(46)51/h7-33H,1H2,2-6H3/b43-12-,52-33-. The number of anilines is 5. The third kappa shape index (κ3) is 5.74. The highest BCUT2D eigenvalue weighted by Gasteiger charge is 2.24. The lowest BCUT2D eigenvalue weighted by atomic mass is 9.91. The maximum absolute atomic E-state index is 6.83. The number of furan rings is 2. The van der Waals surface area contributed by atoms with E-state index in [4.69, 9.17) is 8.83 Å². The number of nitrogens with zero attached hydrogens (tertiary/aromatic N) is 2. The van der Waals surface area contributed by atoms with Gasteiger partial charge in [0.25, 0.3) is 0 Å². The highest BCUT2D eigenvalue weighted by Crippen LogP contribution is 2.48. The number of rotatable bonds is 7. The molecule has 0 aliphatic carbocycles. The summed E-state index contributed by atoms with van der Waals surface area (Å²) in [6.07, 6.45) is 6.05. The van der Waals surface area contributed by atoms with Gasteiger partial charge in [0.05, 0.1) is 23.3 Å². The molecule has 0 spiro atoms. The Morgan fingerprint density at radius 2 is 1.08 bits per heavy atom. The molecule has 0 bridgehead atoms. The third-order valence-electron chi connectivity index (χ3n) is 12.6. The molecule has 11 rings (SSSR count). The van der Waals surface area contributed by atoms with Gasteiger partial charge in [0, 0.05) is 43.5 Å². The molecule has 4 heteroatoms. The first kappa shape index (κ1) is 36.5. The van der Waals surface area contributed by atoms with E-state index in [0.717, 1.165) is 93.9 Å². The molecular formula is C57H44N2O2. The third-order valence-corrected chi connectivity index (χ3v) is 12.6. The second-order valence-corrected chi connectivity index (χ2v) is 16.5. The fraction of sp³-hybridized carbons (Fsp3) is 0.0877. The van der Waals surface area contributed by atoms with Gasteiger partial charge in [0.15, 0.2) is 11.0 Å². The van der Waals surface area contributed by atoms with Crippen LogP contribution in [0.3, 0.4) is 0 Å². The summed E-state index contributed by atoms with van der Waals surface area (Å²) in [6.45, 7) is 14.8. The summed E-state index contributed by atoms with van der Waals surface area (Å²) in [4.78, 5) is 4.69. The summed E-state index contributed by atoms with van der Waals surface area (Å²) >= 11 is 0. The Balaban J connectivity index is 1.20. The minimum absolute atomic E-state index is 0.777. The Bertz CT molecular complexity index is 3700. The zero-order valence-corrected chi connectivity index (χ0v) is 35.0.